The molecule has 2 aromatic heterocycles. The van der Waals surface area contributed by atoms with Crippen LogP contribution in [-0.4, -0.2) is 32.6 Å². The van der Waals surface area contributed by atoms with Gasteiger partial charge in [-0.3, -0.25) is 0 Å². The zero-order chi connectivity index (χ0) is 10.3. The molecule has 0 aliphatic carbocycles. The molecule has 1 aliphatic heterocycles. The van der Waals surface area contributed by atoms with Gasteiger partial charge in [-0.15, -0.1) is 0 Å². The molecule has 78 valence electrons. The average Bonchev–Trinajstić information content (AvgIpc) is 2.85. The first-order chi connectivity index (χ1) is 7.36. The lowest BCUT2D eigenvalue weighted by molar-refractivity contribution is 0.558. The van der Waals surface area contributed by atoms with Crippen LogP contribution in [0.25, 0.3) is 11.2 Å². The maximum Gasteiger partial charge on any atom is 0.165 e. The van der Waals surface area contributed by atoms with Gasteiger partial charge in [-0.25, -0.2) is 15.0 Å². The summed E-state index contributed by atoms with van der Waals surface area (Å²) in [5.41, 5.74) is 7.25. The standard InChI is InChI=1S/C9H12N6/c10-8-7-9(13-4-12-8)15(5-14-7)6-1-2-11-3-6/h4-6,11H,1-3H2,(H2,10,12,13). The molecule has 15 heavy (non-hydrogen) atoms. The zero-order valence-corrected chi connectivity index (χ0v) is 8.22. The summed E-state index contributed by atoms with van der Waals surface area (Å²) >= 11 is 0. The topological polar surface area (TPSA) is 81.7 Å². The van der Waals surface area contributed by atoms with E-state index in [0.29, 0.717) is 17.4 Å². The summed E-state index contributed by atoms with van der Waals surface area (Å²) < 4.78 is 2.08. The number of aromatic nitrogens is 4. The number of fused-ring (bicyclic) bond motifs is 1. The monoisotopic (exact) mass is 204 g/mol. The number of rotatable bonds is 1. The van der Waals surface area contributed by atoms with Crippen LogP contribution in [0.2, 0.25) is 0 Å². The average molecular weight is 204 g/mol. The SMILES string of the molecule is Nc1ncnc2c1ncn2C1CCNC1. The van der Waals surface area contributed by atoms with Gasteiger partial charge in [0.2, 0.25) is 0 Å². The van der Waals surface area contributed by atoms with E-state index in [-0.39, 0.29) is 0 Å². The van der Waals surface area contributed by atoms with Gasteiger partial charge >= 0.3 is 0 Å². The fourth-order valence-electron chi connectivity index (χ4n) is 2.01. The van der Waals surface area contributed by atoms with Crippen LogP contribution in [0.3, 0.4) is 0 Å². The predicted octanol–water partition coefficient (Wildman–Crippen LogP) is -0.0571. The molecule has 0 radical (unpaired) electrons. The van der Waals surface area contributed by atoms with Crippen LogP contribution < -0.4 is 11.1 Å². The molecule has 0 saturated carbocycles. The molecule has 1 saturated heterocycles. The lowest BCUT2D eigenvalue weighted by atomic mass is 10.2. The van der Waals surface area contributed by atoms with E-state index in [1.165, 1.54) is 6.33 Å². The largest absolute Gasteiger partial charge is 0.382 e. The molecule has 2 aromatic rings. The Hall–Kier alpha value is -1.69. The molecule has 0 aromatic carbocycles. The first kappa shape index (κ1) is 8.60. The molecular weight excluding hydrogens is 192 g/mol. The van der Waals surface area contributed by atoms with E-state index in [1.54, 1.807) is 6.33 Å². The minimum Gasteiger partial charge on any atom is -0.382 e. The highest BCUT2D eigenvalue weighted by Gasteiger charge is 2.19. The fourth-order valence-corrected chi connectivity index (χ4v) is 2.01. The number of nitrogen functional groups attached to an aromatic ring is 1. The van der Waals surface area contributed by atoms with E-state index in [0.717, 1.165) is 25.2 Å². The molecule has 1 unspecified atom stereocenters. The van der Waals surface area contributed by atoms with E-state index < -0.39 is 0 Å². The van der Waals surface area contributed by atoms with Gasteiger partial charge in [0.15, 0.2) is 11.5 Å². The third-order valence-electron chi connectivity index (χ3n) is 2.81. The van der Waals surface area contributed by atoms with Gasteiger partial charge in [0.05, 0.1) is 12.4 Å². The Bertz CT molecular complexity index is 484. The summed E-state index contributed by atoms with van der Waals surface area (Å²) in [6.07, 6.45) is 4.39. The van der Waals surface area contributed by atoms with E-state index in [1.807, 2.05) is 0 Å². The van der Waals surface area contributed by atoms with E-state index >= 15 is 0 Å². The fraction of sp³-hybridized carbons (Fsp3) is 0.444. The molecule has 0 bridgehead atoms. The molecule has 0 spiro atoms. The molecular formula is C9H12N6. The van der Waals surface area contributed by atoms with Gasteiger partial charge in [-0.1, -0.05) is 0 Å². The van der Waals surface area contributed by atoms with Crippen LogP contribution >= 0.6 is 0 Å². The second kappa shape index (κ2) is 3.16. The van der Waals surface area contributed by atoms with Crippen LogP contribution in [-0.2, 0) is 0 Å². The summed E-state index contributed by atoms with van der Waals surface area (Å²) in [6.45, 7) is 2.01. The number of imidazole rings is 1. The minimum absolute atomic E-state index is 0.435. The van der Waals surface area contributed by atoms with E-state index in [4.69, 9.17) is 5.73 Å². The van der Waals surface area contributed by atoms with Crippen molar-refractivity contribution < 1.29 is 0 Å². The van der Waals surface area contributed by atoms with Crippen molar-refractivity contribution in [3.8, 4) is 0 Å². The Labute approximate surface area is 86.5 Å². The first-order valence-electron chi connectivity index (χ1n) is 5.00. The Kier molecular flexibility index (Phi) is 1.81. The lowest BCUT2D eigenvalue weighted by Gasteiger charge is -2.10. The van der Waals surface area contributed by atoms with Crippen LogP contribution in [0.15, 0.2) is 12.7 Å². The van der Waals surface area contributed by atoms with Crippen LogP contribution in [0.5, 0.6) is 0 Å². The minimum atomic E-state index is 0.435. The molecule has 6 nitrogen and oxygen atoms in total. The van der Waals surface area contributed by atoms with Gasteiger partial charge in [0.25, 0.3) is 0 Å². The van der Waals surface area contributed by atoms with Crippen molar-refractivity contribution in [1.82, 2.24) is 24.8 Å². The summed E-state index contributed by atoms with van der Waals surface area (Å²) in [5.74, 6) is 0.449. The van der Waals surface area contributed by atoms with Crippen molar-refractivity contribution in [2.24, 2.45) is 0 Å². The molecule has 3 rings (SSSR count). The van der Waals surface area contributed by atoms with Crippen molar-refractivity contribution in [2.75, 3.05) is 18.8 Å². The quantitative estimate of drug-likeness (QED) is 0.680. The molecule has 0 amide bonds. The third-order valence-corrected chi connectivity index (χ3v) is 2.81. The number of nitrogens with two attached hydrogens (primary N) is 1. The number of anilines is 1. The molecule has 1 aliphatic rings. The summed E-state index contributed by atoms with van der Waals surface area (Å²) in [4.78, 5) is 12.4. The second-order valence-electron chi connectivity index (χ2n) is 3.73. The normalized spacial score (nSPS) is 21.2. The van der Waals surface area contributed by atoms with Gasteiger partial charge < -0.3 is 15.6 Å². The smallest absolute Gasteiger partial charge is 0.165 e. The summed E-state index contributed by atoms with van der Waals surface area (Å²) in [6, 6.07) is 0.435. The number of hydrogen-bond donors (Lipinski definition) is 2. The second-order valence-corrected chi connectivity index (χ2v) is 3.73. The Balaban J connectivity index is 2.15. The lowest BCUT2D eigenvalue weighted by Crippen LogP contribution is -2.13. The van der Waals surface area contributed by atoms with Crippen LogP contribution in [0.1, 0.15) is 12.5 Å². The van der Waals surface area contributed by atoms with Crippen LogP contribution in [0.4, 0.5) is 5.82 Å². The number of nitrogens with zero attached hydrogens (tertiary/aromatic N) is 4. The number of nitrogens with one attached hydrogen (secondary N) is 1. The maximum absolute atomic E-state index is 5.73. The van der Waals surface area contributed by atoms with Gasteiger partial charge in [-0.2, -0.15) is 0 Å². The Morgan fingerprint density at radius 2 is 2.33 bits per heavy atom. The summed E-state index contributed by atoms with van der Waals surface area (Å²) in [5, 5.41) is 3.32. The van der Waals surface area contributed by atoms with Gasteiger partial charge in [0.1, 0.15) is 11.8 Å². The van der Waals surface area contributed by atoms with Crippen LogP contribution in [0, 0.1) is 0 Å². The van der Waals surface area contributed by atoms with Crippen molar-refractivity contribution >= 4 is 17.0 Å². The Morgan fingerprint density at radius 1 is 1.40 bits per heavy atom. The Morgan fingerprint density at radius 3 is 3.13 bits per heavy atom. The molecule has 3 heterocycles. The van der Waals surface area contributed by atoms with Crippen molar-refractivity contribution in [3.63, 3.8) is 0 Å². The maximum atomic E-state index is 5.73. The molecule has 1 fully saturated rings. The number of hydrogen-bond acceptors (Lipinski definition) is 5. The van der Waals surface area contributed by atoms with Crippen molar-refractivity contribution in [2.45, 2.75) is 12.5 Å². The highest BCUT2D eigenvalue weighted by Crippen LogP contribution is 2.21. The first-order valence-corrected chi connectivity index (χ1v) is 5.00. The third kappa shape index (κ3) is 1.25. The predicted molar refractivity (Wildman–Crippen MR) is 56.3 cm³/mol. The van der Waals surface area contributed by atoms with E-state index in [2.05, 4.69) is 24.8 Å². The van der Waals surface area contributed by atoms with E-state index in [9.17, 15) is 0 Å². The summed E-state index contributed by atoms with van der Waals surface area (Å²) in [7, 11) is 0. The van der Waals surface area contributed by atoms with Crippen molar-refractivity contribution in [3.05, 3.63) is 12.7 Å². The highest BCUT2D eigenvalue weighted by molar-refractivity contribution is 5.81. The van der Waals surface area contributed by atoms with Gasteiger partial charge in [-0.05, 0) is 13.0 Å². The van der Waals surface area contributed by atoms with Gasteiger partial charge in [0, 0.05) is 6.54 Å². The molecule has 3 N–H and O–H groups in total. The molecule has 6 heteroatoms. The van der Waals surface area contributed by atoms with Crippen molar-refractivity contribution in [1.29, 1.82) is 0 Å². The molecule has 1 atom stereocenters. The highest BCUT2D eigenvalue weighted by atomic mass is 15.2. The zero-order valence-electron chi connectivity index (χ0n) is 8.22.